The highest BCUT2D eigenvalue weighted by atomic mass is 16.7. The van der Waals surface area contributed by atoms with Crippen LogP contribution in [0.3, 0.4) is 0 Å². The van der Waals surface area contributed by atoms with E-state index >= 15 is 0 Å². The van der Waals surface area contributed by atoms with Gasteiger partial charge in [0.05, 0.1) is 18.8 Å². The van der Waals surface area contributed by atoms with Crippen molar-refractivity contribution in [2.45, 2.75) is 12.2 Å². The number of ether oxygens (including phenoxy) is 3. The van der Waals surface area contributed by atoms with E-state index in [0.29, 0.717) is 13.4 Å². The fraction of sp³-hybridized carbons (Fsp3) is 0.800. The maximum atomic E-state index is 9.21. The third-order valence-corrected chi connectivity index (χ3v) is 2.92. The molecule has 0 saturated carbocycles. The first-order valence-electron chi connectivity index (χ1n) is 4.88. The van der Waals surface area contributed by atoms with Crippen LogP contribution < -0.4 is 0 Å². The SMILES string of the molecule is COCOC[C@@H]1[C@@H](CO)[C@H]2C=C[C@@H]1O2. The highest BCUT2D eigenvalue weighted by molar-refractivity contribution is 5.14. The van der Waals surface area contributed by atoms with Crippen LogP contribution >= 0.6 is 0 Å². The molecular formula is C10H16O4. The Bertz CT molecular complexity index is 216. The quantitative estimate of drug-likeness (QED) is 0.390. The van der Waals surface area contributed by atoms with Gasteiger partial charge in [-0.15, -0.1) is 0 Å². The summed E-state index contributed by atoms with van der Waals surface area (Å²) in [5.41, 5.74) is 0. The number of methoxy groups -OCH3 is 1. The number of aliphatic hydroxyl groups excluding tert-OH is 1. The number of aliphatic hydroxyl groups is 1. The normalized spacial score (nSPS) is 39.6. The lowest BCUT2D eigenvalue weighted by Gasteiger charge is -2.22. The van der Waals surface area contributed by atoms with Gasteiger partial charge in [0.1, 0.15) is 6.79 Å². The molecule has 0 aromatic heterocycles. The topological polar surface area (TPSA) is 47.9 Å². The third-order valence-electron chi connectivity index (χ3n) is 2.92. The molecule has 0 amide bonds. The summed E-state index contributed by atoms with van der Waals surface area (Å²) in [7, 11) is 1.60. The minimum absolute atomic E-state index is 0.0844. The van der Waals surface area contributed by atoms with Crippen LogP contribution in [0.2, 0.25) is 0 Å². The van der Waals surface area contributed by atoms with Crippen LogP contribution in [0.1, 0.15) is 0 Å². The summed E-state index contributed by atoms with van der Waals surface area (Å²) in [5, 5.41) is 9.21. The molecule has 0 aromatic rings. The molecule has 0 aromatic carbocycles. The van der Waals surface area contributed by atoms with Crippen LogP contribution in [0.5, 0.6) is 0 Å². The summed E-state index contributed by atoms with van der Waals surface area (Å²) < 4.78 is 15.7. The van der Waals surface area contributed by atoms with Gasteiger partial charge in [-0.3, -0.25) is 0 Å². The van der Waals surface area contributed by atoms with Crippen LogP contribution in [0.15, 0.2) is 12.2 Å². The van der Waals surface area contributed by atoms with Crippen molar-refractivity contribution < 1.29 is 19.3 Å². The first-order valence-corrected chi connectivity index (χ1v) is 4.88. The van der Waals surface area contributed by atoms with Gasteiger partial charge in [-0.1, -0.05) is 12.2 Å². The molecular weight excluding hydrogens is 184 g/mol. The zero-order valence-electron chi connectivity index (χ0n) is 8.26. The molecule has 2 aliphatic rings. The second-order valence-electron chi connectivity index (χ2n) is 3.74. The molecule has 2 rings (SSSR count). The molecule has 80 valence electrons. The number of fused-ring (bicyclic) bond motifs is 2. The second kappa shape index (κ2) is 4.40. The Morgan fingerprint density at radius 3 is 2.64 bits per heavy atom. The molecule has 4 atom stereocenters. The van der Waals surface area contributed by atoms with Crippen LogP contribution in [-0.4, -0.2) is 44.4 Å². The van der Waals surface area contributed by atoms with Crippen molar-refractivity contribution in [3.63, 3.8) is 0 Å². The van der Waals surface area contributed by atoms with Crippen molar-refractivity contribution in [2.75, 3.05) is 27.1 Å². The van der Waals surface area contributed by atoms with Crippen molar-refractivity contribution >= 4 is 0 Å². The molecule has 1 saturated heterocycles. The van der Waals surface area contributed by atoms with E-state index < -0.39 is 0 Å². The summed E-state index contributed by atoms with van der Waals surface area (Å²) >= 11 is 0. The van der Waals surface area contributed by atoms with Crippen LogP contribution in [0, 0.1) is 11.8 Å². The van der Waals surface area contributed by atoms with Gasteiger partial charge in [0, 0.05) is 25.6 Å². The first kappa shape index (κ1) is 10.1. The lowest BCUT2D eigenvalue weighted by Crippen LogP contribution is -2.30. The Kier molecular flexibility index (Phi) is 3.18. The lowest BCUT2D eigenvalue weighted by atomic mass is 9.84. The molecule has 4 nitrogen and oxygen atoms in total. The molecule has 0 spiro atoms. The van der Waals surface area contributed by atoms with Crippen molar-refractivity contribution in [3.05, 3.63) is 12.2 Å². The van der Waals surface area contributed by atoms with E-state index in [2.05, 4.69) is 6.08 Å². The fourth-order valence-corrected chi connectivity index (χ4v) is 2.19. The molecule has 2 heterocycles. The predicted molar refractivity (Wildman–Crippen MR) is 49.7 cm³/mol. The number of rotatable bonds is 5. The number of hydrogen-bond donors (Lipinski definition) is 1. The van der Waals surface area contributed by atoms with Crippen molar-refractivity contribution in [3.8, 4) is 0 Å². The summed E-state index contributed by atoms with van der Waals surface area (Å²) in [5.74, 6) is 0.451. The van der Waals surface area contributed by atoms with E-state index in [1.54, 1.807) is 7.11 Å². The Labute approximate surface area is 83.5 Å². The molecule has 2 aliphatic heterocycles. The Morgan fingerprint density at radius 2 is 2.00 bits per heavy atom. The molecule has 0 radical (unpaired) electrons. The summed E-state index contributed by atoms with van der Waals surface area (Å²) in [4.78, 5) is 0. The number of hydrogen-bond acceptors (Lipinski definition) is 4. The minimum Gasteiger partial charge on any atom is -0.396 e. The Balaban J connectivity index is 1.87. The molecule has 4 heteroatoms. The van der Waals surface area contributed by atoms with Gasteiger partial charge >= 0.3 is 0 Å². The fourth-order valence-electron chi connectivity index (χ4n) is 2.19. The van der Waals surface area contributed by atoms with Crippen molar-refractivity contribution in [2.24, 2.45) is 11.8 Å². The van der Waals surface area contributed by atoms with Crippen molar-refractivity contribution in [1.29, 1.82) is 0 Å². The minimum atomic E-state index is 0.0844. The van der Waals surface area contributed by atoms with E-state index in [1.807, 2.05) is 6.08 Å². The van der Waals surface area contributed by atoms with E-state index in [9.17, 15) is 5.11 Å². The van der Waals surface area contributed by atoms with Crippen LogP contribution in [-0.2, 0) is 14.2 Å². The molecule has 0 aliphatic carbocycles. The second-order valence-corrected chi connectivity index (χ2v) is 3.74. The van der Waals surface area contributed by atoms with Gasteiger partial charge in [-0.05, 0) is 0 Å². The summed E-state index contributed by atoms with van der Waals surface area (Å²) in [6.07, 6.45) is 4.28. The van der Waals surface area contributed by atoms with Gasteiger partial charge < -0.3 is 19.3 Å². The largest absolute Gasteiger partial charge is 0.396 e. The Hall–Kier alpha value is -0.420. The lowest BCUT2D eigenvalue weighted by molar-refractivity contribution is -0.0533. The van der Waals surface area contributed by atoms with Gasteiger partial charge in [0.15, 0.2) is 0 Å². The van der Waals surface area contributed by atoms with Crippen LogP contribution in [0.4, 0.5) is 0 Å². The van der Waals surface area contributed by atoms with Gasteiger partial charge in [0.25, 0.3) is 0 Å². The molecule has 14 heavy (non-hydrogen) atoms. The van der Waals surface area contributed by atoms with Gasteiger partial charge in [-0.25, -0.2) is 0 Å². The van der Waals surface area contributed by atoms with E-state index in [1.165, 1.54) is 0 Å². The average molecular weight is 200 g/mol. The highest BCUT2D eigenvalue weighted by Crippen LogP contribution is 2.38. The van der Waals surface area contributed by atoms with Gasteiger partial charge in [-0.2, -0.15) is 0 Å². The highest BCUT2D eigenvalue weighted by Gasteiger charge is 2.45. The first-order chi connectivity index (χ1) is 6.86. The zero-order chi connectivity index (χ0) is 9.97. The summed E-state index contributed by atoms with van der Waals surface area (Å²) in [6, 6.07) is 0. The van der Waals surface area contributed by atoms with Crippen molar-refractivity contribution in [1.82, 2.24) is 0 Å². The predicted octanol–water partition coefficient (Wildman–Crippen LogP) is 0.169. The smallest absolute Gasteiger partial charge is 0.146 e. The monoisotopic (exact) mass is 200 g/mol. The molecule has 0 unspecified atom stereocenters. The van der Waals surface area contributed by atoms with E-state index in [-0.39, 0.29) is 30.7 Å². The zero-order valence-corrected chi connectivity index (χ0v) is 8.26. The van der Waals surface area contributed by atoms with E-state index in [0.717, 1.165) is 0 Å². The third kappa shape index (κ3) is 1.70. The Morgan fingerprint density at radius 1 is 1.29 bits per heavy atom. The van der Waals surface area contributed by atoms with Crippen LogP contribution in [0.25, 0.3) is 0 Å². The maximum absolute atomic E-state index is 9.21. The maximum Gasteiger partial charge on any atom is 0.146 e. The van der Waals surface area contributed by atoms with E-state index in [4.69, 9.17) is 14.2 Å². The average Bonchev–Trinajstić information content (AvgIpc) is 2.78. The molecule has 2 bridgehead atoms. The standard InChI is InChI=1S/C10H16O4/c1-12-6-13-5-8-7(4-11)9-2-3-10(8)14-9/h2-3,7-11H,4-6H2,1H3/t7-,8-,9-,10+/m1/s1. The summed E-state index contributed by atoms with van der Waals surface area (Å²) in [6.45, 7) is 1.05. The van der Waals surface area contributed by atoms with Gasteiger partial charge in [0.2, 0.25) is 0 Å². The molecule has 1 N–H and O–H groups in total. The molecule has 1 fully saturated rings.